The van der Waals surface area contributed by atoms with Gasteiger partial charge in [-0.25, -0.2) is 0 Å². The van der Waals surface area contributed by atoms with Gasteiger partial charge in [-0.1, -0.05) is 0 Å². The smallest absolute Gasteiger partial charge is 0.0832 e. The van der Waals surface area contributed by atoms with E-state index in [9.17, 15) is 0 Å². The Morgan fingerprint density at radius 2 is 2.54 bits per heavy atom. The lowest BCUT2D eigenvalue weighted by atomic mass is 10.2. The van der Waals surface area contributed by atoms with Crippen LogP contribution < -0.4 is 0 Å². The number of aromatic nitrogens is 1. The van der Waals surface area contributed by atoms with Crippen molar-refractivity contribution < 1.29 is 9.84 Å². The molecule has 13 heavy (non-hydrogen) atoms. The number of rotatable bonds is 3. The Morgan fingerprint density at radius 3 is 3.23 bits per heavy atom. The molecule has 1 aromatic heterocycles. The summed E-state index contributed by atoms with van der Waals surface area (Å²) in [5, 5.41) is 9.02. The molecular weight excluding hydrogens is 166 g/mol. The molecule has 1 fully saturated rings. The van der Waals surface area contributed by atoms with Crippen LogP contribution in [0.2, 0.25) is 0 Å². The van der Waals surface area contributed by atoms with Crippen LogP contribution in [0.5, 0.6) is 0 Å². The van der Waals surface area contributed by atoms with E-state index in [1.54, 1.807) is 0 Å². The summed E-state index contributed by atoms with van der Waals surface area (Å²) in [5.41, 5.74) is 0.968. The van der Waals surface area contributed by atoms with E-state index in [4.69, 9.17) is 9.84 Å². The molecule has 0 aromatic carbocycles. The fourth-order valence-electron chi connectivity index (χ4n) is 1.78. The van der Waals surface area contributed by atoms with Gasteiger partial charge in [0.05, 0.1) is 12.7 Å². The van der Waals surface area contributed by atoms with Gasteiger partial charge in [0, 0.05) is 25.0 Å². The van der Waals surface area contributed by atoms with Crippen molar-refractivity contribution in [1.29, 1.82) is 0 Å². The van der Waals surface area contributed by atoms with Crippen molar-refractivity contribution in [3.63, 3.8) is 0 Å². The molecule has 1 aliphatic heterocycles. The lowest BCUT2D eigenvalue weighted by Gasteiger charge is -2.12. The molecule has 0 bridgehead atoms. The quantitative estimate of drug-likeness (QED) is 0.759. The average Bonchev–Trinajstić information content (AvgIpc) is 2.76. The molecule has 1 N–H and O–H groups in total. The van der Waals surface area contributed by atoms with Crippen molar-refractivity contribution in [2.24, 2.45) is 0 Å². The van der Waals surface area contributed by atoms with Crippen LogP contribution in [0, 0.1) is 0 Å². The minimum absolute atomic E-state index is 0.111. The lowest BCUT2D eigenvalue weighted by Crippen LogP contribution is -2.15. The number of hydrogen-bond donors (Lipinski definition) is 1. The van der Waals surface area contributed by atoms with Crippen molar-refractivity contribution in [2.45, 2.75) is 32.1 Å². The highest BCUT2D eigenvalue weighted by molar-refractivity contribution is 5.05. The van der Waals surface area contributed by atoms with E-state index in [0.717, 1.165) is 25.3 Å². The van der Waals surface area contributed by atoms with E-state index >= 15 is 0 Å². The topological polar surface area (TPSA) is 34.4 Å². The predicted octanol–water partition coefficient (Wildman–Crippen LogP) is 1.16. The highest BCUT2D eigenvalue weighted by Gasteiger charge is 2.16. The molecule has 0 saturated carbocycles. The molecule has 3 heteroatoms. The third-order valence-electron chi connectivity index (χ3n) is 2.51. The standard InChI is InChI=1S/C10H15NO2/c12-8-9-3-1-5-11(9)7-10-4-2-6-13-10/h1,3,5,10,12H,2,4,6-8H2/t10-/m0/s1. The SMILES string of the molecule is OCc1cccn1C[C@@H]1CCCO1. The largest absolute Gasteiger partial charge is 0.390 e. The molecule has 0 radical (unpaired) electrons. The Hall–Kier alpha value is -0.800. The second-order valence-electron chi connectivity index (χ2n) is 3.45. The van der Waals surface area contributed by atoms with E-state index in [-0.39, 0.29) is 6.61 Å². The van der Waals surface area contributed by atoms with Gasteiger partial charge in [0.25, 0.3) is 0 Å². The fourth-order valence-corrected chi connectivity index (χ4v) is 1.78. The molecule has 0 amide bonds. The molecule has 0 aliphatic carbocycles. The monoisotopic (exact) mass is 181 g/mol. The molecule has 0 unspecified atom stereocenters. The number of aliphatic hydroxyl groups excluding tert-OH is 1. The zero-order valence-corrected chi connectivity index (χ0v) is 7.65. The van der Waals surface area contributed by atoms with Crippen molar-refractivity contribution in [3.8, 4) is 0 Å². The summed E-state index contributed by atoms with van der Waals surface area (Å²) >= 11 is 0. The van der Waals surface area contributed by atoms with Gasteiger partial charge in [-0.3, -0.25) is 0 Å². The summed E-state index contributed by atoms with van der Waals surface area (Å²) in [4.78, 5) is 0. The van der Waals surface area contributed by atoms with Crippen molar-refractivity contribution in [2.75, 3.05) is 6.61 Å². The van der Waals surface area contributed by atoms with Gasteiger partial charge < -0.3 is 14.4 Å². The first-order valence-electron chi connectivity index (χ1n) is 4.76. The van der Waals surface area contributed by atoms with E-state index in [1.807, 2.05) is 18.3 Å². The third kappa shape index (κ3) is 1.92. The van der Waals surface area contributed by atoms with E-state index < -0.39 is 0 Å². The van der Waals surface area contributed by atoms with Crippen molar-refractivity contribution >= 4 is 0 Å². The second kappa shape index (κ2) is 3.94. The number of hydrogen-bond acceptors (Lipinski definition) is 2. The van der Waals surface area contributed by atoms with Crippen LogP contribution in [0.3, 0.4) is 0 Å². The minimum Gasteiger partial charge on any atom is -0.390 e. The van der Waals surface area contributed by atoms with Gasteiger partial charge >= 0.3 is 0 Å². The molecule has 1 atom stereocenters. The number of aliphatic hydroxyl groups is 1. The highest BCUT2D eigenvalue weighted by atomic mass is 16.5. The first kappa shape index (κ1) is 8.78. The molecule has 2 heterocycles. The van der Waals surface area contributed by atoms with Crippen LogP contribution in [-0.4, -0.2) is 22.4 Å². The van der Waals surface area contributed by atoms with Gasteiger partial charge in [-0.05, 0) is 25.0 Å². The zero-order valence-electron chi connectivity index (χ0n) is 7.65. The average molecular weight is 181 g/mol. The number of ether oxygens (including phenoxy) is 1. The molecule has 2 rings (SSSR count). The van der Waals surface area contributed by atoms with Crippen molar-refractivity contribution in [3.05, 3.63) is 24.0 Å². The molecule has 3 nitrogen and oxygen atoms in total. The Balaban J connectivity index is 1.99. The summed E-state index contributed by atoms with van der Waals surface area (Å²) in [6.45, 7) is 1.88. The summed E-state index contributed by atoms with van der Waals surface area (Å²) in [6.07, 6.45) is 4.65. The predicted molar refractivity (Wildman–Crippen MR) is 49.3 cm³/mol. The lowest BCUT2D eigenvalue weighted by molar-refractivity contribution is 0.0953. The van der Waals surface area contributed by atoms with Crippen LogP contribution >= 0.6 is 0 Å². The summed E-state index contributed by atoms with van der Waals surface area (Å²) in [7, 11) is 0. The molecule has 1 aromatic rings. The second-order valence-corrected chi connectivity index (χ2v) is 3.45. The third-order valence-corrected chi connectivity index (χ3v) is 2.51. The van der Waals surface area contributed by atoms with Crippen molar-refractivity contribution in [1.82, 2.24) is 4.57 Å². The molecule has 0 spiro atoms. The van der Waals surface area contributed by atoms with Crippen LogP contribution in [0.15, 0.2) is 18.3 Å². The van der Waals surface area contributed by atoms with Gasteiger partial charge in [0.1, 0.15) is 0 Å². The van der Waals surface area contributed by atoms with Gasteiger partial charge in [0.2, 0.25) is 0 Å². The minimum atomic E-state index is 0.111. The Bertz CT molecular complexity index is 264. The molecular formula is C10H15NO2. The van der Waals surface area contributed by atoms with E-state index in [2.05, 4.69) is 4.57 Å². The Morgan fingerprint density at radius 1 is 1.62 bits per heavy atom. The zero-order chi connectivity index (χ0) is 9.10. The maximum Gasteiger partial charge on any atom is 0.0832 e. The van der Waals surface area contributed by atoms with Crippen LogP contribution in [0.4, 0.5) is 0 Å². The number of nitrogens with zero attached hydrogens (tertiary/aromatic N) is 1. The summed E-state index contributed by atoms with van der Waals surface area (Å²) in [5.74, 6) is 0. The molecule has 1 saturated heterocycles. The maximum absolute atomic E-state index is 9.02. The molecule has 72 valence electrons. The van der Waals surface area contributed by atoms with E-state index in [1.165, 1.54) is 6.42 Å². The van der Waals surface area contributed by atoms with E-state index in [0.29, 0.717) is 6.10 Å². The summed E-state index contributed by atoms with van der Waals surface area (Å²) < 4.78 is 7.59. The first-order chi connectivity index (χ1) is 6.40. The van der Waals surface area contributed by atoms with Gasteiger partial charge in [-0.15, -0.1) is 0 Å². The maximum atomic E-state index is 9.02. The fraction of sp³-hybridized carbons (Fsp3) is 0.600. The molecule has 1 aliphatic rings. The van der Waals surface area contributed by atoms with Gasteiger partial charge in [-0.2, -0.15) is 0 Å². The van der Waals surface area contributed by atoms with Crippen LogP contribution in [-0.2, 0) is 17.9 Å². The van der Waals surface area contributed by atoms with Crippen LogP contribution in [0.1, 0.15) is 18.5 Å². The first-order valence-corrected chi connectivity index (χ1v) is 4.76. The summed E-state index contributed by atoms with van der Waals surface area (Å²) in [6, 6.07) is 3.90. The Labute approximate surface area is 77.9 Å². The Kier molecular flexibility index (Phi) is 2.66. The normalized spacial score (nSPS) is 22.4. The van der Waals surface area contributed by atoms with Crippen LogP contribution in [0.25, 0.3) is 0 Å². The van der Waals surface area contributed by atoms with Gasteiger partial charge in [0.15, 0.2) is 0 Å². The highest BCUT2D eigenvalue weighted by Crippen LogP contribution is 2.15.